The maximum atomic E-state index is 13.7. The Morgan fingerprint density at radius 1 is 0.897 bits per heavy atom. The Morgan fingerprint density at radius 3 is 2.36 bits per heavy atom. The van der Waals surface area contributed by atoms with E-state index in [2.05, 4.69) is 89.5 Å². The largest absolute Gasteiger partial charge is 0.493 e. The second-order valence-electron chi connectivity index (χ2n) is 10.1. The molecule has 202 valence electrons. The van der Waals surface area contributed by atoms with Gasteiger partial charge in [-0.2, -0.15) is 0 Å². The highest BCUT2D eigenvalue weighted by Gasteiger charge is 2.27. The molecular weight excluding hydrogens is 486 g/mol. The van der Waals surface area contributed by atoms with E-state index in [4.69, 9.17) is 9.47 Å². The van der Waals surface area contributed by atoms with E-state index in [-0.39, 0.29) is 11.8 Å². The van der Waals surface area contributed by atoms with Crippen molar-refractivity contribution >= 4 is 22.9 Å². The Bertz CT molecular complexity index is 1440. The van der Waals surface area contributed by atoms with Crippen LogP contribution in [-0.4, -0.2) is 67.2 Å². The first-order valence-corrected chi connectivity index (χ1v) is 13.5. The molecule has 1 saturated heterocycles. The van der Waals surface area contributed by atoms with Gasteiger partial charge in [-0.3, -0.25) is 9.69 Å². The summed E-state index contributed by atoms with van der Waals surface area (Å²) in [5.41, 5.74) is 4.56. The monoisotopic (exact) mass is 523 g/mol. The fourth-order valence-corrected chi connectivity index (χ4v) is 5.51. The molecule has 1 fully saturated rings. The van der Waals surface area contributed by atoms with E-state index >= 15 is 0 Å². The van der Waals surface area contributed by atoms with E-state index in [1.165, 1.54) is 10.9 Å². The Hall–Kier alpha value is -4.03. The standard InChI is InChI=1S/C33H37N3O3/c1-34-24-29(27-13-7-8-14-30(27)34)28(26-15-16-31(38-2)32(22-26)39-3)23-33(37)36-20-18-35(19-21-36)17-9-12-25-10-5-4-6-11-25/h4-16,22,24,28H,17-21,23H2,1-3H3/b12-9+/t28-/m0/s1. The molecule has 3 aromatic carbocycles. The molecule has 0 aliphatic carbocycles. The maximum absolute atomic E-state index is 13.7. The second-order valence-corrected chi connectivity index (χ2v) is 10.1. The minimum Gasteiger partial charge on any atom is -0.493 e. The predicted molar refractivity (Wildman–Crippen MR) is 157 cm³/mol. The summed E-state index contributed by atoms with van der Waals surface area (Å²) in [5.74, 6) is 1.43. The first-order chi connectivity index (χ1) is 19.1. The van der Waals surface area contributed by atoms with E-state index in [1.54, 1.807) is 14.2 Å². The first-order valence-electron chi connectivity index (χ1n) is 13.5. The summed E-state index contributed by atoms with van der Waals surface area (Å²) in [6.07, 6.45) is 6.93. The molecule has 6 heteroatoms. The molecule has 1 amide bonds. The molecule has 6 nitrogen and oxygen atoms in total. The SMILES string of the molecule is COc1ccc([C@H](CC(=O)N2CCN(C/C=C/c3ccccc3)CC2)c2cn(C)c3ccccc23)cc1OC. The molecule has 1 atom stereocenters. The normalized spacial score (nSPS) is 15.1. The highest BCUT2D eigenvalue weighted by molar-refractivity contribution is 5.86. The van der Waals surface area contributed by atoms with Gasteiger partial charge in [0.2, 0.25) is 5.91 Å². The van der Waals surface area contributed by atoms with Crippen LogP contribution in [0.1, 0.15) is 29.0 Å². The highest BCUT2D eigenvalue weighted by atomic mass is 16.5. The zero-order valence-corrected chi connectivity index (χ0v) is 23.0. The number of carbonyl (C=O) groups excluding carboxylic acids is 1. The van der Waals surface area contributed by atoms with Crippen LogP contribution in [0.15, 0.2) is 85.1 Å². The molecule has 0 radical (unpaired) electrons. The summed E-state index contributed by atoms with van der Waals surface area (Å²) >= 11 is 0. The summed E-state index contributed by atoms with van der Waals surface area (Å²) in [5, 5.41) is 1.17. The number of amides is 1. The van der Waals surface area contributed by atoms with Crippen LogP contribution in [0.4, 0.5) is 0 Å². The topological polar surface area (TPSA) is 46.9 Å². The number of methoxy groups -OCH3 is 2. The van der Waals surface area contributed by atoms with E-state index in [1.807, 2.05) is 23.1 Å². The van der Waals surface area contributed by atoms with Gasteiger partial charge in [-0.05, 0) is 34.9 Å². The van der Waals surface area contributed by atoms with Crippen molar-refractivity contribution < 1.29 is 14.3 Å². The van der Waals surface area contributed by atoms with Crippen LogP contribution in [0.2, 0.25) is 0 Å². The van der Waals surface area contributed by atoms with Gasteiger partial charge in [-0.25, -0.2) is 0 Å². The van der Waals surface area contributed by atoms with Crippen LogP contribution in [-0.2, 0) is 11.8 Å². The van der Waals surface area contributed by atoms with Crippen molar-refractivity contribution in [2.45, 2.75) is 12.3 Å². The number of aromatic nitrogens is 1. The lowest BCUT2D eigenvalue weighted by molar-refractivity contribution is -0.133. The van der Waals surface area contributed by atoms with Crippen LogP contribution in [0, 0.1) is 0 Å². The molecular formula is C33H37N3O3. The van der Waals surface area contributed by atoms with E-state index < -0.39 is 0 Å². The number of carbonyl (C=O) groups is 1. The summed E-state index contributed by atoms with van der Waals surface area (Å²) in [7, 11) is 5.35. The fourth-order valence-electron chi connectivity index (χ4n) is 5.51. The predicted octanol–water partition coefficient (Wildman–Crippen LogP) is 5.58. The Morgan fingerprint density at radius 2 is 1.62 bits per heavy atom. The third-order valence-electron chi connectivity index (χ3n) is 7.69. The van der Waals surface area contributed by atoms with Gasteiger partial charge in [0.25, 0.3) is 0 Å². The molecule has 39 heavy (non-hydrogen) atoms. The van der Waals surface area contributed by atoms with Gasteiger partial charge in [0.15, 0.2) is 11.5 Å². The molecule has 2 heterocycles. The van der Waals surface area contributed by atoms with Crippen LogP contribution >= 0.6 is 0 Å². The van der Waals surface area contributed by atoms with Gasteiger partial charge in [-0.1, -0.05) is 66.7 Å². The van der Waals surface area contributed by atoms with E-state index in [0.29, 0.717) is 17.9 Å². The Labute approximate surface area is 231 Å². The average Bonchev–Trinajstić information content (AvgIpc) is 3.32. The molecule has 0 spiro atoms. The minimum absolute atomic E-state index is 0.102. The van der Waals surface area contributed by atoms with Gasteiger partial charge < -0.3 is 18.9 Å². The van der Waals surface area contributed by atoms with Crippen molar-refractivity contribution in [3.05, 3.63) is 102 Å². The maximum Gasteiger partial charge on any atom is 0.223 e. The minimum atomic E-state index is -0.102. The molecule has 5 rings (SSSR count). The van der Waals surface area contributed by atoms with Gasteiger partial charge in [0.05, 0.1) is 14.2 Å². The molecule has 0 saturated carbocycles. The average molecular weight is 524 g/mol. The Balaban J connectivity index is 1.32. The summed E-state index contributed by atoms with van der Waals surface area (Å²) in [4.78, 5) is 18.1. The van der Waals surface area contributed by atoms with Gasteiger partial charge in [0.1, 0.15) is 0 Å². The van der Waals surface area contributed by atoms with Crippen molar-refractivity contribution in [3.8, 4) is 11.5 Å². The van der Waals surface area contributed by atoms with Crippen LogP contribution in [0.3, 0.4) is 0 Å². The number of nitrogens with zero attached hydrogens (tertiary/aromatic N) is 3. The Kier molecular flexibility index (Phi) is 8.33. The van der Waals surface area contributed by atoms with E-state index in [9.17, 15) is 4.79 Å². The summed E-state index contributed by atoms with van der Waals surface area (Å²) < 4.78 is 13.2. The lowest BCUT2D eigenvalue weighted by atomic mass is 9.87. The number of para-hydroxylation sites is 1. The van der Waals surface area contributed by atoms with Gasteiger partial charge in [0, 0.05) is 69.2 Å². The first kappa shape index (κ1) is 26.6. The molecule has 1 aliphatic heterocycles. The summed E-state index contributed by atoms with van der Waals surface area (Å²) in [6.45, 7) is 4.12. The quantitative estimate of drug-likeness (QED) is 0.288. The molecule has 0 N–H and O–H groups in total. The lowest BCUT2D eigenvalue weighted by Gasteiger charge is -2.35. The third kappa shape index (κ3) is 6.02. The summed E-state index contributed by atoms with van der Waals surface area (Å²) in [6, 6.07) is 24.7. The third-order valence-corrected chi connectivity index (χ3v) is 7.69. The molecule has 1 aliphatic rings. The number of aryl methyl sites for hydroxylation is 1. The number of hydrogen-bond acceptors (Lipinski definition) is 4. The van der Waals surface area contributed by atoms with Gasteiger partial charge >= 0.3 is 0 Å². The highest BCUT2D eigenvalue weighted by Crippen LogP contribution is 2.38. The van der Waals surface area contributed by atoms with Crippen molar-refractivity contribution in [2.24, 2.45) is 7.05 Å². The lowest BCUT2D eigenvalue weighted by Crippen LogP contribution is -2.48. The molecule has 1 aromatic heterocycles. The molecule has 0 bridgehead atoms. The molecule has 0 unspecified atom stereocenters. The fraction of sp³-hybridized carbons (Fsp3) is 0.303. The van der Waals surface area contributed by atoms with Crippen molar-refractivity contribution in [1.29, 1.82) is 0 Å². The molecule has 4 aromatic rings. The number of ether oxygens (including phenoxy) is 2. The zero-order chi connectivity index (χ0) is 27.2. The van der Waals surface area contributed by atoms with Crippen LogP contribution in [0.25, 0.3) is 17.0 Å². The van der Waals surface area contributed by atoms with E-state index in [0.717, 1.165) is 49.4 Å². The van der Waals surface area contributed by atoms with Crippen LogP contribution < -0.4 is 9.47 Å². The number of rotatable bonds is 9. The zero-order valence-electron chi connectivity index (χ0n) is 23.0. The van der Waals surface area contributed by atoms with Gasteiger partial charge in [-0.15, -0.1) is 0 Å². The number of piperazine rings is 1. The van der Waals surface area contributed by atoms with Crippen LogP contribution in [0.5, 0.6) is 11.5 Å². The smallest absolute Gasteiger partial charge is 0.223 e. The number of fused-ring (bicyclic) bond motifs is 1. The van der Waals surface area contributed by atoms with Crippen molar-refractivity contribution in [1.82, 2.24) is 14.4 Å². The van der Waals surface area contributed by atoms with Crippen molar-refractivity contribution in [2.75, 3.05) is 46.9 Å². The number of benzene rings is 3. The van der Waals surface area contributed by atoms with Crippen molar-refractivity contribution in [3.63, 3.8) is 0 Å². The second kappa shape index (κ2) is 12.2. The number of hydrogen-bond donors (Lipinski definition) is 0.